The van der Waals surface area contributed by atoms with Crippen LogP contribution in [0.2, 0.25) is 0 Å². The molecule has 0 radical (unpaired) electrons. The van der Waals surface area contributed by atoms with Crippen molar-refractivity contribution in [1.29, 1.82) is 0 Å². The van der Waals surface area contributed by atoms with Gasteiger partial charge in [0.05, 0.1) is 6.61 Å². The number of halogens is 3. The van der Waals surface area contributed by atoms with Crippen molar-refractivity contribution in [2.45, 2.75) is 20.0 Å². The van der Waals surface area contributed by atoms with Gasteiger partial charge in [-0.3, -0.25) is 4.79 Å². The van der Waals surface area contributed by atoms with Gasteiger partial charge in [0.25, 0.3) is 0 Å². The van der Waals surface area contributed by atoms with E-state index in [2.05, 4.69) is 0 Å². The third-order valence-corrected chi connectivity index (χ3v) is 4.13. The van der Waals surface area contributed by atoms with Crippen LogP contribution in [0.5, 0.6) is 0 Å². The number of carbonyl (C=O) groups excluding carboxylic acids is 2. The van der Waals surface area contributed by atoms with Crippen LogP contribution in [0.4, 0.5) is 18.2 Å². The van der Waals surface area contributed by atoms with Crippen molar-refractivity contribution in [2.24, 2.45) is 0 Å². The highest BCUT2D eigenvalue weighted by atomic mass is 32.1. The average molecular weight is 357 g/mol. The van der Waals surface area contributed by atoms with E-state index in [0.29, 0.717) is 16.0 Å². The number of thiophene rings is 1. The predicted octanol–water partition coefficient (Wildman–Crippen LogP) is 4.40. The van der Waals surface area contributed by atoms with Crippen LogP contribution in [-0.2, 0) is 9.53 Å². The number of nitrogens with one attached hydrogen (secondary N) is 1. The first-order chi connectivity index (χ1) is 11.3. The number of anilines is 1. The molecular formula is C16H14F3NO3S. The van der Waals surface area contributed by atoms with E-state index in [1.54, 1.807) is 49.5 Å². The van der Waals surface area contributed by atoms with Crippen molar-refractivity contribution < 1.29 is 27.5 Å². The number of amides is 1. The molecule has 0 unspecified atom stereocenters. The summed E-state index contributed by atoms with van der Waals surface area (Å²) in [6.45, 7) is 3.32. The zero-order chi connectivity index (χ0) is 17.9. The molecule has 2 aromatic rings. The molecule has 0 saturated carbocycles. The van der Waals surface area contributed by atoms with Gasteiger partial charge in [-0.2, -0.15) is 13.2 Å². The maximum absolute atomic E-state index is 12.5. The number of rotatable bonds is 4. The first-order valence-corrected chi connectivity index (χ1v) is 7.81. The normalized spacial score (nSPS) is 11.2. The fraction of sp³-hybridized carbons (Fsp3) is 0.250. The molecule has 0 aliphatic rings. The van der Waals surface area contributed by atoms with Crippen molar-refractivity contribution >= 4 is 28.2 Å². The zero-order valence-electron chi connectivity index (χ0n) is 12.9. The Kier molecular flexibility index (Phi) is 5.28. The number of aryl methyl sites for hydroxylation is 1. The summed E-state index contributed by atoms with van der Waals surface area (Å²) in [6, 6.07) is 8.73. The molecule has 24 heavy (non-hydrogen) atoms. The topological polar surface area (TPSA) is 55.4 Å². The van der Waals surface area contributed by atoms with Crippen LogP contribution in [-0.4, -0.2) is 24.7 Å². The van der Waals surface area contributed by atoms with E-state index in [1.807, 2.05) is 0 Å². The highest BCUT2D eigenvalue weighted by Crippen LogP contribution is 2.40. The maximum atomic E-state index is 12.5. The summed E-state index contributed by atoms with van der Waals surface area (Å²) in [5.41, 5.74) is 1.04. The summed E-state index contributed by atoms with van der Waals surface area (Å²) in [5.74, 6) is -2.91. The Hall–Kier alpha value is -2.35. The van der Waals surface area contributed by atoms with Crippen LogP contribution >= 0.6 is 11.3 Å². The lowest BCUT2D eigenvalue weighted by molar-refractivity contribution is -0.167. The van der Waals surface area contributed by atoms with E-state index in [4.69, 9.17) is 4.74 Å². The summed E-state index contributed by atoms with van der Waals surface area (Å²) >= 11 is 0.902. The van der Waals surface area contributed by atoms with Crippen LogP contribution in [0.3, 0.4) is 0 Å². The van der Waals surface area contributed by atoms with E-state index in [9.17, 15) is 22.8 Å². The Morgan fingerprint density at radius 1 is 1.21 bits per heavy atom. The number of hydrogen-bond donors (Lipinski definition) is 1. The molecule has 1 aromatic heterocycles. The molecule has 0 aliphatic heterocycles. The van der Waals surface area contributed by atoms with Gasteiger partial charge in [0.15, 0.2) is 0 Å². The van der Waals surface area contributed by atoms with Gasteiger partial charge in [-0.25, -0.2) is 4.79 Å². The Morgan fingerprint density at radius 2 is 1.83 bits per heavy atom. The van der Waals surface area contributed by atoms with E-state index in [1.165, 1.54) is 0 Å². The minimum Gasteiger partial charge on any atom is -0.462 e. The van der Waals surface area contributed by atoms with E-state index in [0.717, 1.165) is 11.3 Å². The molecule has 128 valence electrons. The quantitative estimate of drug-likeness (QED) is 0.825. The van der Waals surface area contributed by atoms with Crippen molar-refractivity contribution in [2.75, 3.05) is 11.9 Å². The fourth-order valence-corrected chi connectivity index (χ4v) is 3.22. The first kappa shape index (κ1) is 18.0. The molecule has 1 amide bonds. The van der Waals surface area contributed by atoms with Crippen molar-refractivity contribution in [1.82, 2.24) is 0 Å². The van der Waals surface area contributed by atoms with Gasteiger partial charge in [-0.15, -0.1) is 11.3 Å². The Balaban J connectivity index is 2.56. The third-order valence-electron chi connectivity index (χ3n) is 3.11. The Morgan fingerprint density at radius 3 is 2.38 bits per heavy atom. The van der Waals surface area contributed by atoms with Gasteiger partial charge in [0.2, 0.25) is 0 Å². The second kappa shape index (κ2) is 7.04. The predicted molar refractivity (Wildman–Crippen MR) is 85.1 cm³/mol. The summed E-state index contributed by atoms with van der Waals surface area (Å²) in [6.07, 6.45) is -5.04. The van der Waals surface area contributed by atoms with E-state index in [-0.39, 0.29) is 17.2 Å². The summed E-state index contributed by atoms with van der Waals surface area (Å²) in [5, 5.41) is 1.60. The van der Waals surface area contributed by atoms with Crippen LogP contribution < -0.4 is 5.32 Å². The number of ether oxygens (including phenoxy) is 1. The van der Waals surface area contributed by atoms with Gasteiger partial charge in [-0.05, 0) is 19.4 Å². The molecule has 0 saturated heterocycles. The van der Waals surface area contributed by atoms with Crippen LogP contribution in [0.1, 0.15) is 22.2 Å². The average Bonchev–Trinajstić information content (AvgIpc) is 2.83. The van der Waals surface area contributed by atoms with Crippen molar-refractivity contribution in [3.05, 3.63) is 40.8 Å². The molecule has 0 bridgehead atoms. The maximum Gasteiger partial charge on any atom is 0.471 e. The molecule has 0 spiro atoms. The number of benzene rings is 1. The SMILES string of the molecule is CCOC(=O)c1c(NC(=O)C(F)(F)F)sc(C)c1-c1ccccc1. The lowest BCUT2D eigenvalue weighted by Crippen LogP contribution is -2.30. The molecule has 0 atom stereocenters. The molecule has 4 nitrogen and oxygen atoms in total. The van der Waals surface area contributed by atoms with Gasteiger partial charge < -0.3 is 10.1 Å². The van der Waals surface area contributed by atoms with E-state index < -0.39 is 18.1 Å². The molecule has 0 fully saturated rings. The van der Waals surface area contributed by atoms with Crippen LogP contribution in [0.25, 0.3) is 11.1 Å². The summed E-state index contributed by atoms with van der Waals surface area (Å²) in [7, 11) is 0. The number of carbonyl (C=O) groups is 2. The molecular weight excluding hydrogens is 343 g/mol. The largest absolute Gasteiger partial charge is 0.471 e. The smallest absolute Gasteiger partial charge is 0.462 e. The number of alkyl halides is 3. The monoisotopic (exact) mass is 357 g/mol. The van der Waals surface area contributed by atoms with Crippen molar-refractivity contribution in [3.8, 4) is 11.1 Å². The zero-order valence-corrected chi connectivity index (χ0v) is 13.7. The van der Waals surface area contributed by atoms with Gasteiger partial charge in [0, 0.05) is 10.4 Å². The summed E-state index contributed by atoms with van der Waals surface area (Å²) in [4.78, 5) is 24.1. The van der Waals surface area contributed by atoms with Gasteiger partial charge in [-0.1, -0.05) is 30.3 Å². The third kappa shape index (κ3) is 3.76. The fourth-order valence-electron chi connectivity index (χ4n) is 2.16. The standard InChI is InChI=1S/C16H14F3NO3S/c1-3-23-14(21)12-11(10-7-5-4-6-8-10)9(2)24-13(12)20-15(22)16(17,18)19/h4-8H,3H2,1-2H3,(H,20,22). The second-order valence-electron chi connectivity index (χ2n) is 4.78. The first-order valence-electron chi connectivity index (χ1n) is 6.99. The van der Waals surface area contributed by atoms with Crippen molar-refractivity contribution in [3.63, 3.8) is 0 Å². The second-order valence-corrected chi connectivity index (χ2v) is 6.00. The Labute approximate surface area is 140 Å². The van der Waals surface area contributed by atoms with Crippen LogP contribution in [0, 0.1) is 6.92 Å². The minimum absolute atomic E-state index is 0.0641. The molecule has 8 heteroatoms. The molecule has 1 aromatic carbocycles. The molecule has 0 aliphatic carbocycles. The van der Waals surface area contributed by atoms with Gasteiger partial charge in [0.1, 0.15) is 10.6 Å². The number of hydrogen-bond acceptors (Lipinski definition) is 4. The van der Waals surface area contributed by atoms with E-state index >= 15 is 0 Å². The Bertz CT molecular complexity index is 754. The highest BCUT2D eigenvalue weighted by Gasteiger charge is 2.40. The minimum atomic E-state index is -5.04. The highest BCUT2D eigenvalue weighted by molar-refractivity contribution is 7.17. The summed E-state index contributed by atoms with van der Waals surface area (Å²) < 4.78 is 42.5. The lowest BCUT2D eigenvalue weighted by Gasteiger charge is -2.10. The van der Waals surface area contributed by atoms with Gasteiger partial charge >= 0.3 is 18.1 Å². The molecule has 2 rings (SSSR count). The molecule has 1 heterocycles. The number of esters is 1. The van der Waals surface area contributed by atoms with Crippen LogP contribution in [0.15, 0.2) is 30.3 Å². The molecule has 1 N–H and O–H groups in total. The lowest BCUT2D eigenvalue weighted by atomic mass is 10.0.